The summed E-state index contributed by atoms with van der Waals surface area (Å²) in [5.74, 6) is -2.01. The van der Waals surface area contributed by atoms with Crippen LogP contribution in [-0.2, 0) is 9.59 Å². The van der Waals surface area contributed by atoms with E-state index in [0.717, 1.165) is 26.1 Å². The van der Waals surface area contributed by atoms with E-state index in [1.807, 2.05) is 7.05 Å². The van der Waals surface area contributed by atoms with Crippen molar-refractivity contribution in [2.45, 2.75) is 20.3 Å². The Hall–Kier alpha value is -1.10. The third kappa shape index (κ3) is 3.70. The van der Waals surface area contributed by atoms with E-state index in [2.05, 4.69) is 4.90 Å². The first-order valence-electron chi connectivity index (χ1n) is 6.13. The summed E-state index contributed by atoms with van der Waals surface area (Å²) < 4.78 is 0. The maximum absolute atomic E-state index is 12.1. The Kier molecular flexibility index (Phi) is 4.93. The zero-order valence-corrected chi connectivity index (χ0v) is 10.8. The molecule has 1 N–H and O–H groups in total. The predicted octanol–water partition coefficient (Wildman–Crippen LogP) is 0.507. The van der Waals surface area contributed by atoms with Crippen LogP contribution in [0.4, 0.5) is 0 Å². The van der Waals surface area contributed by atoms with Gasteiger partial charge in [0.15, 0.2) is 0 Å². The lowest BCUT2D eigenvalue weighted by Gasteiger charge is -2.25. The van der Waals surface area contributed by atoms with E-state index in [1.54, 1.807) is 18.7 Å². The Bertz CT molecular complexity index is 293. The minimum atomic E-state index is -0.905. The van der Waals surface area contributed by atoms with Gasteiger partial charge in [0, 0.05) is 25.6 Å². The number of rotatable bonds is 3. The molecule has 0 aliphatic carbocycles. The van der Waals surface area contributed by atoms with E-state index < -0.39 is 17.8 Å². The van der Waals surface area contributed by atoms with Crippen LogP contribution in [0.25, 0.3) is 0 Å². The molecular weight excluding hydrogens is 220 g/mol. The van der Waals surface area contributed by atoms with Crippen molar-refractivity contribution >= 4 is 11.9 Å². The van der Waals surface area contributed by atoms with Gasteiger partial charge in [-0.1, -0.05) is 13.8 Å². The normalized spacial score (nSPS) is 21.7. The molecule has 1 aliphatic rings. The molecule has 17 heavy (non-hydrogen) atoms. The van der Waals surface area contributed by atoms with Gasteiger partial charge in [0.25, 0.3) is 0 Å². The smallest absolute Gasteiger partial charge is 0.307 e. The molecule has 1 fully saturated rings. The first kappa shape index (κ1) is 14.0. The van der Waals surface area contributed by atoms with E-state index in [-0.39, 0.29) is 5.91 Å². The molecule has 1 saturated heterocycles. The number of carboxylic acid groups (broad SMARTS) is 1. The molecule has 1 aliphatic heterocycles. The van der Waals surface area contributed by atoms with E-state index in [4.69, 9.17) is 5.11 Å². The van der Waals surface area contributed by atoms with Crippen LogP contribution in [0, 0.1) is 11.8 Å². The van der Waals surface area contributed by atoms with Crippen molar-refractivity contribution in [2.24, 2.45) is 11.8 Å². The van der Waals surface area contributed by atoms with Crippen LogP contribution in [0.15, 0.2) is 0 Å². The van der Waals surface area contributed by atoms with Gasteiger partial charge in [0.05, 0.1) is 5.92 Å². The van der Waals surface area contributed by atoms with Crippen LogP contribution in [0.1, 0.15) is 20.3 Å². The molecule has 0 radical (unpaired) electrons. The molecule has 0 aromatic rings. The second-order valence-electron chi connectivity index (χ2n) is 4.90. The van der Waals surface area contributed by atoms with Crippen molar-refractivity contribution in [1.82, 2.24) is 9.80 Å². The fourth-order valence-corrected chi connectivity index (χ4v) is 1.98. The lowest BCUT2D eigenvalue weighted by Crippen LogP contribution is -2.41. The van der Waals surface area contributed by atoms with Gasteiger partial charge in [0.2, 0.25) is 5.91 Å². The Morgan fingerprint density at radius 1 is 1.06 bits per heavy atom. The maximum Gasteiger partial charge on any atom is 0.307 e. The molecule has 98 valence electrons. The van der Waals surface area contributed by atoms with Crippen molar-refractivity contribution in [1.29, 1.82) is 0 Å². The highest BCUT2D eigenvalue weighted by atomic mass is 16.4. The SMILES string of the molecule is CC(C(=O)O)C(C)C(=O)N1CCCN(C)CC1. The van der Waals surface area contributed by atoms with Gasteiger partial charge in [-0.2, -0.15) is 0 Å². The molecule has 1 amide bonds. The molecule has 1 rings (SSSR count). The Balaban J connectivity index is 2.59. The predicted molar refractivity (Wildman–Crippen MR) is 64.7 cm³/mol. The number of aliphatic carboxylic acids is 1. The van der Waals surface area contributed by atoms with Gasteiger partial charge in [-0.25, -0.2) is 0 Å². The van der Waals surface area contributed by atoms with Crippen LogP contribution in [0.3, 0.4) is 0 Å². The number of hydrogen-bond acceptors (Lipinski definition) is 3. The molecular formula is C12H22N2O3. The molecule has 0 aromatic heterocycles. The molecule has 5 nitrogen and oxygen atoms in total. The topological polar surface area (TPSA) is 60.9 Å². The maximum atomic E-state index is 12.1. The number of carboxylic acids is 1. The standard InChI is InChI=1S/C12H22N2O3/c1-9(10(2)12(16)17)11(15)14-6-4-5-13(3)7-8-14/h9-10H,4-8H2,1-3H3,(H,16,17). The lowest BCUT2D eigenvalue weighted by molar-refractivity contribution is -0.149. The van der Waals surface area contributed by atoms with Gasteiger partial charge in [0.1, 0.15) is 0 Å². The zero-order valence-electron chi connectivity index (χ0n) is 10.8. The van der Waals surface area contributed by atoms with Crippen LogP contribution < -0.4 is 0 Å². The lowest BCUT2D eigenvalue weighted by atomic mass is 9.94. The van der Waals surface area contributed by atoms with Gasteiger partial charge >= 0.3 is 5.97 Å². The van der Waals surface area contributed by atoms with E-state index in [0.29, 0.717) is 6.54 Å². The highest BCUT2D eigenvalue weighted by Crippen LogP contribution is 2.15. The van der Waals surface area contributed by atoms with Crippen LogP contribution in [0.2, 0.25) is 0 Å². The van der Waals surface area contributed by atoms with Crippen LogP contribution >= 0.6 is 0 Å². The second kappa shape index (κ2) is 6.00. The van der Waals surface area contributed by atoms with Crippen molar-refractivity contribution in [2.75, 3.05) is 33.2 Å². The summed E-state index contributed by atoms with van der Waals surface area (Å²) in [5.41, 5.74) is 0. The molecule has 2 unspecified atom stereocenters. The Morgan fingerprint density at radius 3 is 2.29 bits per heavy atom. The monoisotopic (exact) mass is 242 g/mol. The van der Waals surface area contributed by atoms with E-state index in [1.165, 1.54) is 0 Å². The third-order valence-electron chi connectivity index (χ3n) is 3.56. The van der Waals surface area contributed by atoms with Crippen molar-refractivity contribution in [3.8, 4) is 0 Å². The molecule has 2 atom stereocenters. The number of likely N-dealkylation sites (N-methyl/N-ethyl adjacent to an activating group) is 1. The fourth-order valence-electron chi connectivity index (χ4n) is 1.98. The number of amides is 1. The average molecular weight is 242 g/mol. The first-order valence-corrected chi connectivity index (χ1v) is 6.13. The summed E-state index contributed by atoms with van der Waals surface area (Å²) in [6, 6.07) is 0. The Morgan fingerprint density at radius 2 is 1.71 bits per heavy atom. The number of hydrogen-bond donors (Lipinski definition) is 1. The summed E-state index contributed by atoms with van der Waals surface area (Å²) in [6.45, 7) is 6.59. The van der Waals surface area contributed by atoms with Gasteiger partial charge in [-0.3, -0.25) is 9.59 Å². The van der Waals surface area contributed by atoms with Crippen molar-refractivity contribution < 1.29 is 14.7 Å². The summed E-state index contributed by atoms with van der Waals surface area (Å²) in [5, 5.41) is 8.92. The van der Waals surface area contributed by atoms with E-state index >= 15 is 0 Å². The molecule has 0 bridgehead atoms. The summed E-state index contributed by atoms with van der Waals surface area (Å²) in [6.07, 6.45) is 0.955. The largest absolute Gasteiger partial charge is 0.481 e. The van der Waals surface area contributed by atoms with Crippen LogP contribution in [-0.4, -0.2) is 60.0 Å². The van der Waals surface area contributed by atoms with E-state index in [9.17, 15) is 9.59 Å². The Labute approximate surface area is 102 Å². The number of carbonyl (C=O) groups is 2. The number of nitrogens with zero attached hydrogens (tertiary/aromatic N) is 2. The van der Waals surface area contributed by atoms with Gasteiger partial charge in [-0.15, -0.1) is 0 Å². The number of carbonyl (C=O) groups excluding carboxylic acids is 1. The minimum Gasteiger partial charge on any atom is -0.481 e. The quantitative estimate of drug-likeness (QED) is 0.783. The summed E-state index contributed by atoms with van der Waals surface area (Å²) >= 11 is 0. The molecule has 5 heteroatoms. The molecule has 0 aromatic carbocycles. The molecule has 1 heterocycles. The zero-order chi connectivity index (χ0) is 13.0. The fraction of sp³-hybridized carbons (Fsp3) is 0.833. The van der Waals surface area contributed by atoms with Gasteiger partial charge < -0.3 is 14.9 Å². The first-order chi connectivity index (χ1) is 7.93. The van der Waals surface area contributed by atoms with Crippen molar-refractivity contribution in [3.63, 3.8) is 0 Å². The average Bonchev–Trinajstić information content (AvgIpc) is 2.51. The molecule has 0 saturated carbocycles. The molecule has 0 spiro atoms. The highest BCUT2D eigenvalue weighted by Gasteiger charge is 2.29. The van der Waals surface area contributed by atoms with Crippen molar-refractivity contribution in [3.05, 3.63) is 0 Å². The highest BCUT2D eigenvalue weighted by molar-refractivity contribution is 5.84. The summed E-state index contributed by atoms with van der Waals surface area (Å²) in [7, 11) is 2.04. The third-order valence-corrected chi connectivity index (χ3v) is 3.56. The minimum absolute atomic E-state index is 0.0322. The second-order valence-corrected chi connectivity index (χ2v) is 4.90. The van der Waals surface area contributed by atoms with Gasteiger partial charge in [-0.05, 0) is 20.0 Å². The van der Waals surface area contributed by atoms with Crippen LogP contribution in [0.5, 0.6) is 0 Å². The summed E-state index contributed by atoms with van der Waals surface area (Å²) in [4.78, 5) is 27.0.